The van der Waals surface area contributed by atoms with Gasteiger partial charge in [0.15, 0.2) is 0 Å². The molecule has 0 spiro atoms. The van der Waals surface area contributed by atoms with E-state index in [9.17, 15) is 4.79 Å². The van der Waals surface area contributed by atoms with Crippen LogP contribution in [0.2, 0.25) is 10.0 Å². The van der Waals surface area contributed by atoms with Crippen LogP contribution < -0.4 is 5.73 Å². The number of pyridine rings is 1. The van der Waals surface area contributed by atoms with Crippen molar-refractivity contribution < 1.29 is 4.79 Å². The van der Waals surface area contributed by atoms with Crippen molar-refractivity contribution in [1.29, 1.82) is 0 Å². The monoisotopic (exact) mass is 309 g/mol. The molecule has 2 aromatic rings. The zero-order chi connectivity index (χ0) is 14.7. The molecule has 2 N–H and O–H groups in total. The molecule has 0 radical (unpaired) electrons. The largest absolute Gasteiger partial charge is 0.384 e. The predicted octanol–water partition coefficient (Wildman–Crippen LogP) is 3.24. The lowest BCUT2D eigenvalue weighted by atomic mass is 10.2. The molecule has 6 heteroatoms. The van der Waals surface area contributed by atoms with Crippen LogP contribution in [0.5, 0.6) is 0 Å². The van der Waals surface area contributed by atoms with Gasteiger partial charge in [-0.25, -0.2) is 4.98 Å². The van der Waals surface area contributed by atoms with Gasteiger partial charge in [-0.05, 0) is 29.8 Å². The lowest BCUT2D eigenvalue weighted by Crippen LogP contribution is -2.27. The lowest BCUT2D eigenvalue weighted by molar-refractivity contribution is 0.0779. The summed E-state index contributed by atoms with van der Waals surface area (Å²) < 4.78 is 0. The Bertz CT molecular complexity index is 646. The molecule has 20 heavy (non-hydrogen) atoms. The summed E-state index contributed by atoms with van der Waals surface area (Å²) in [6.07, 6.45) is 0. The van der Waals surface area contributed by atoms with Crippen molar-refractivity contribution in [3.8, 4) is 0 Å². The zero-order valence-electron chi connectivity index (χ0n) is 10.8. The summed E-state index contributed by atoms with van der Waals surface area (Å²) in [4.78, 5) is 17.8. The Morgan fingerprint density at radius 3 is 2.75 bits per heavy atom. The van der Waals surface area contributed by atoms with Gasteiger partial charge in [0.1, 0.15) is 11.5 Å². The molecule has 0 aliphatic heterocycles. The molecule has 0 saturated carbocycles. The van der Waals surface area contributed by atoms with E-state index >= 15 is 0 Å². The molecule has 0 unspecified atom stereocenters. The number of nitrogens with zero attached hydrogens (tertiary/aromatic N) is 2. The highest BCUT2D eigenvalue weighted by Gasteiger charge is 2.17. The van der Waals surface area contributed by atoms with Gasteiger partial charge in [-0.2, -0.15) is 0 Å². The van der Waals surface area contributed by atoms with Crippen LogP contribution in [-0.4, -0.2) is 22.8 Å². The molecular formula is C14H13Cl2N3O. The highest BCUT2D eigenvalue weighted by Crippen LogP contribution is 2.18. The maximum atomic E-state index is 12.3. The topological polar surface area (TPSA) is 59.2 Å². The van der Waals surface area contributed by atoms with Gasteiger partial charge in [-0.15, -0.1) is 0 Å². The van der Waals surface area contributed by atoms with Crippen LogP contribution in [0, 0.1) is 0 Å². The van der Waals surface area contributed by atoms with Gasteiger partial charge in [0, 0.05) is 18.6 Å². The van der Waals surface area contributed by atoms with Gasteiger partial charge in [-0.3, -0.25) is 4.79 Å². The molecule has 4 nitrogen and oxygen atoms in total. The molecule has 104 valence electrons. The highest BCUT2D eigenvalue weighted by atomic mass is 35.5. The number of halogens is 2. The summed E-state index contributed by atoms with van der Waals surface area (Å²) in [5.41, 5.74) is 6.65. The second kappa shape index (κ2) is 6.11. The van der Waals surface area contributed by atoms with Crippen LogP contribution in [0.1, 0.15) is 16.1 Å². The van der Waals surface area contributed by atoms with Crippen molar-refractivity contribution in [2.45, 2.75) is 6.54 Å². The highest BCUT2D eigenvalue weighted by molar-refractivity contribution is 6.33. The second-order valence-electron chi connectivity index (χ2n) is 4.36. The normalized spacial score (nSPS) is 10.3. The fourth-order valence-corrected chi connectivity index (χ4v) is 2.17. The van der Waals surface area contributed by atoms with E-state index < -0.39 is 0 Å². The summed E-state index contributed by atoms with van der Waals surface area (Å²) >= 11 is 11.9. The Hall–Kier alpha value is -1.78. The van der Waals surface area contributed by atoms with E-state index in [1.165, 1.54) is 4.90 Å². The first-order valence-corrected chi connectivity index (χ1v) is 6.65. The first kappa shape index (κ1) is 14.6. The maximum absolute atomic E-state index is 12.3. The number of nitrogen functional groups attached to an aromatic ring is 1. The quantitative estimate of drug-likeness (QED) is 0.947. The van der Waals surface area contributed by atoms with Crippen LogP contribution >= 0.6 is 23.2 Å². The summed E-state index contributed by atoms with van der Waals surface area (Å²) in [6, 6.07) is 10.4. The molecule has 0 aliphatic rings. The van der Waals surface area contributed by atoms with Crippen LogP contribution in [-0.2, 0) is 6.54 Å². The van der Waals surface area contributed by atoms with Crippen molar-refractivity contribution in [2.75, 3.05) is 12.8 Å². The standard InChI is InChI=1S/C14H13Cl2N3O/c1-19(8-9-3-2-4-10(15)7-9)14(20)13-11(16)5-6-12(17)18-13/h2-7H,8H2,1H3,(H2,17,18). The van der Waals surface area contributed by atoms with Crippen molar-refractivity contribution in [1.82, 2.24) is 9.88 Å². The number of aromatic nitrogens is 1. The van der Waals surface area contributed by atoms with Crippen molar-refractivity contribution in [2.24, 2.45) is 0 Å². The van der Waals surface area contributed by atoms with Gasteiger partial charge in [0.2, 0.25) is 0 Å². The van der Waals surface area contributed by atoms with Gasteiger partial charge >= 0.3 is 0 Å². The molecule has 0 aliphatic carbocycles. The first-order chi connectivity index (χ1) is 9.47. The first-order valence-electron chi connectivity index (χ1n) is 5.89. The van der Waals surface area contributed by atoms with Crippen LogP contribution in [0.3, 0.4) is 0 Å². The van der Waals surface area contributed by atoms with Crippen molar-refractivity contribution in [3.63, 3.8) is 0 Å². The Morgan fingerprint density at radius 2 is 2.05 bits per heavy atom. The molecule has 1 amide bonds. The number of carbonyl (C=O) groups is 1. The van der Waals surface area contributed by atoms with Crippen molar-refractivity contribution >= 4 is 34.9 Å². The SMILES string of the molecule is CN(Cc1cccc(Cl)c1)C(=O)c1nc(N)ccc1Cl. The molecule has 2 rings (SSSR count). The number of hydrogen-bond acceptors (Lipinski definition) is 3. The third kappa shape index (κ3) is 3.40. The minimum atomic E-state index is -0.290. The van der Waals surface area contributed by atoms with Gasteiger partial charge in [0.25, 0.3) is 5.91 Å². The summed E-state index contributed by atoms with van der Waals surface area (Å²) in [5.74, 6) is -0.0313. The van der Waals surface area contributed by atoms with E-state index in [4.69, 9.17) is 28.9 Å². The van der Waals surface area contributed by atoms with Crippen LogP contribution in [0.15, 0.2) is 36.4 Å². The fourth-order valence-electron chi connectivity index (χ4n) is 1.77. The second-order valence-corrected chi connectivity index (χ2v) is 5.20. The number of nitrogens with two attached hydrogens (primary N) is 1. The molecule has 1 aromatic carbocycles. The van der Waals surface area contributed by atoms with E-state index in [0.717, 1.165) is 5.56 Å². The molecule has 0 bridgehead atoms. The van der Waals surface area contributed by atoms with Gasteiger partial charge in [0.05, 0.1) is 5.02 Å². The third-order valence-electron chi connectivity index (χ3n) is 2.73. The Morgan fingerprint density at radius 1 is 1.30 bits per heavy atom. The summed E-state index contributed by atoms with van der Waals surface area (Å²) in [5, 5.41) is 0.908. The molecule has 1 aromatic heterocycles. The third-order valence-corrected chi connectivity index (χ3v) is 3.27. The lowest BCUT2D eigenvalue weighted by Gasteiger charge is -2.17. The van der Waals surface area contributed by atoms with E-state index in [1.54, 1.807) is 31.3 Å². The average Bonchev–Trinajstić information content (AvgIpc) is 2.40. The summed E-state index contributed by atoms with van der Waals surface area (Å²) in [6.45, 7) is 0.409. The van der Waals surface area contributed by atoms with Gasteiger partial charge in [-0.1, -0.05) is 35.3 Å². The summed E-state index contributed by atoms with van der Waals surface area (Å²) in [7, 11) is 1.67. The molecule has 0 atom stereocenters. The molecule has 0 fully saturated rings. The van der Waals surface area contributed by atoms with Gasteiger partial charge < -0.3 is 10.6 Å². The Kier molecular flexibility index (Phi) is 4.47. The number of amides is 1. The fraction of sp³-hybridized carbons (Fsp3) is 0.143. The maximum Gasteiger partial charge on any atom is 0.274 e. The minimum Gasteiger partial charge on any atom is -0.384 e. The molecular weight excluding hydrogens is 297 g/mol. The van der Waals surface area contributed by atoms with Crippen LogP contribution in [0.4, 0.5) is 5.82 Å². The number of carbonyl (C=O) groups excluding carboxylic acids is 1. The number of hydrogen-bond donors (Lipinski definition) is 1. The van der Waals surface area contributed by atoms with Crippen molar-refractivity contribution in [3.05, 3.63) is 57.7 Å². The van der Waals surface area contributed by atoms with E-state index in [1.807, 2.05) is 12.1 Å². The Labute approximate surface area is 127 Å². The smallest absolute Gasteiger partial charge is 0.274 e. The molecule has 0 saturated heterocycles. The zero-order valence-corrected chi connectivity index (χ0v) is 12.3. The number of benzene rings is 1. The average molecular weight is 310 g/mol. The Balaban J connectivity index is 2.18. The molecule has 1 heterocycles. The van der Waals surface area contributed by atoms with E-state index in [0.29, 0.717) is 11.6 Å². The number of anilines is 1. The predicted molar refractivity (Wildman–Crippen MR) is 80.9 cm³/mol. The van der Waals surface area contributed by atoms with E-state index in [-0.39, 0.29) is 22.4 Å². The van der Waals surface area contributed by atoms with Crippen LogP contribution in [0.25, 0.3) is 0 Å². The number of rotatable bonds is 3. The minimum absolute atomic E-state index is 0.149. The van der Waals surface area contributed by atoms with E-state index in [2.05, 4.69) is 4.98 Å².